The molecule has 0 bridgehead atoms. The Morgan fingerprint density at radius 1 is 0.639 bits per heavy atom. The van der Waals surface area contributed by atoms with Gasteiger partial charge in [0.1, 0.15) is 0 Å². The third-order valence-corrected chi connectivity index (χ3v) is 6.89. The molecule has 0 heterocycles. The number of hydrogen-bond acceptors (Lipinski definition) is 4. The summed E-state index contributed by atoms with van der Waals surface area (Å²) in [6.45, 7) is 2.01. The van der Waals surface area contributed by atoms with Gasteiger partial charge in [-0.15, -0.1) is 0 Å². The van der Waals surface area contributed by atoms with Crippen molar-refractivity contribution in [2.75, 3.05) is 0 Å². The molecule has 4 aromatic rings. The summed E-state index contributed by atoms with van der Waals surface area (Å²) in [4.78, 5) is 0.599. The molecule has 0 atom stereocenters. The van der Waals surface area contributed by atoms with Crippen molar-refractivity contribution in [2.45, 2.75) is 11.8 Å². The van der Waals surface area contributed by atoms with Crippen molar-refractivity contribution in [1.29, 1.82) is 0 Å². The normalized spacial score (nSPS) is 11.2. The summed E-state index contributed by atoms with van der Waals surface area (Å²) in [5.74, 6) is 0. The van der Waals surface area contributed by atoms with Crippen LogP contribution in [0.3, 0.4) is 0 Å². The molecule has 0 aliphatic carbocycles. The third kappa shape index (κ3) is 8.09. The van der Waals surface area contributed by atoms with Gasteiger partial charge in [-0.25, -0.2) is 0 Å². The molecule has 36 heavy (non-hydrogen) atoms. The Morgan fingerprint density at radius 3 is 1.58 bits per heavy atom. The average Bonchev–Trinajstić information content (AvgIpc) is 2.89. The van der Waals surface area contributed by atoms with E-state index in [1.165, 1.54) is 0 Å². The summed E-state index contributed by atoms with van der Waals surface area (Å²) in [6, 6.07) is 28.3. The second-order valence-corrected chi connectivity index (χ2v) is 9.39. The molecule has 0 saturated carbocycles. The van der Waals surface area contributed by atoms with Crippen LogP contribution < -0.4 is 34.8 Å². The molecule has 0 saturated heterocycles. The van der Waals surface area contributed by atoms with Crippen LogP contribution >= 0.6 is 35.2 Å². The van der Waals surface area contributed by atoms with Crippen LogP contribution in [-0.2, 0) is 9.37 Å². The molecular weight excluding hydrogens is 522 g/mol. The minimum atomic E-state index is 0. The van der Waals surface area contributed by atoms with Gasteiger partial charge in [0.25, 0.3) is 0 Å². The second kappa shape index (κ2) is 14.2. The van der Waals surface area contributed by atoms with Crippen LogP contribution in [0.1, 0.15) is 27.8 Å². The minimum absolute atomic E-state index is 0. The summed E-state index contributed by atoms with van der Waals surface area (Å²) in [6.07, 6.45) is 8.17. The largest absolute Gasteiger partial charge is 1.00 e. The fraction of sp³-hybridized carbons (Fsp3) is 0.0345. The van der Waals surface area contributed by atoms with E-state index in [-0.39, 0.29) is 29.6 Å². The van der Waals surface area contributed by atoms with Crippen LogP contribution in [0.25, 0.3) is 35.4 Å². The Labute approximate surface area is 247 Å². The Bertz CT molecular complexity index is 1350. The molecule has 0 N–H and O–H groups in total. The Kier molecular flexibility index (Phi) is 11.3. The quantitative estimate of drug-likeness (QED) is 0.0962. The van der Waals surface area contributed by atoms with Crippen LogP contribution in [0.2, 0.25) is 10.0 Å². The molecule has 0 aliphatic rings. The number of rotatable bonds is 8. The first kappa shape index (κ1) is 28.7. The molecule has 0 aliphatic heterocycles. The van der Waals surface area contributed by atoms with Crippen molar-refractivity contribution in [3.05, 3.63) is 123 Å². The van der Waals surface area contributed by atoms with Crippen molar-refractivity contribution in [1.82, 2.24) is 0 Å². The zero-order valence-electron chi connectivity index (χ0n) is 19.8. The van der Waals surface area contributed by atoms with Gasteiger partial charge in [-0.3, -0.25) is 5.04 Å². The van der Waals surface area contributed by atoms with E-state index in [1.54, 1.807) is 6.07 Å². The zero-order valence-corrected chi connectivity index (χ0v) is 24.1. The fourth-order valence-electron chi connectivity index (χ4n) is 3.47. The molecule has 0 unspecified atom stereocenters. The molecule has 4 aromatic carbocycles. The maximum absolute atomic E-state index is 10.1. The van der Waals surface area contributed by atoms with E-state index in [1.807, 2.05) is 43.3 Å². The molecule has 0 spiro atoms. The molecule has 7 heteroatoms. The Hall–Kier alpha value is -1.83. The third-order valence-electron chi connectivity index (χ3n) is 5.38. The van der Waals surface area contributed by atoms with E-state index in [0.717, 1.165) is 56.0 Å². The molecule has 4 rings (SSSR count). The summed E-state index contributed by atoms with van der Waals surface area (Å²) in [7, 11) is 0. The molecule has 176 valence electrons. The maximum atomic E-state index is 10.1. The van der Waals surface area contributed by atoms with Crippen LogP contribution in [0, 0.1) is 6.92 Å². The fourth-order valence-corrected chi connectivity index (χ4v) is 4.23. The number of aryl methyl sites for hydroxylation is 1. The molecule has 3 nitrogen and oxygen atoms in total. The summed E-state index contributed by atoms with van der Waals surface area (Å²) in [5.41, 5.74) is 7.61. The first-order chi connectivity index (χ1) is 17.0. The van der Waals surface area contributed by atoms with E-state index < -0.39 is 0 Å². The minimum Gasteiger partial charge on any atom is -0.691 e. The summed E-state index contributed by atoms with van der Waals surface area (Å²) in [5, 5.41) is 14.7. The topological polar surface area (TPSA) is 41.5 Å². The molecule has 0 radical (unpaired) electrons. The van der Waals surface area contributed by atoms with Crippen LogP contribution in [0.15, 0.2) is 89.8 Å². The summed E-state index contributed by atoms with van der Waals surface area (Å²) < 4.78 is 4.37. The van der Waals surface area contributed by atoms with Crippen LogP contribution in [-0.4, -0.2) is 0 Å². The Balaban J connectivity index is 0.00000361. The molecule has 0 aromatic heterocycles. The number of hydrogen-bond donors (Lipinski definition) is 0. The Morgan fingerprint density at radius 2 is 1.08 bits per heavy atom. The first-order valence-electron chi connectivity index (χ1n) is 10.8. The maximum Gasteiger partial charge on any atom is 1.00 e. The van der Waals surface area contributed by atoms with Crippen LogP contribution in [0.4, 0.5) is 0 Å². The SMILES string of the molecule is Cc1cc(/C=C/c2ccc(-c3ccc(/C=C/c4ccc(Cl)c(SOO[O-])c4)cc3)cc2)ccc1Cl.[Na+]. The van der Waals surface area contributed by atoms with Gasteiger partial charge in [0.05, 0.1) is 22.0 Å². The van der Waals surface area contributed by atoms with Crippen LogP contribution in [0.5, 0.6) is 0 Å². The second-order valence-electron chi connectivity index (χ2n) is 7.83. The van der Waals surface area contributed by atoms with E-state index in [0.29, 0.717) is 9.92 Å². The van der Waals surface area contributed by atoms with Crippen molar-refractivity contribution >= 4 is 59.5 Å². The average molecular weight is 543 g/mol. The number of halogens is 2. The standard InChI is InChI=1S/C29H22Cl2O3S.Na/c1-20-18-23(10-16-27(20)30)4-2-21-6-12-25(13-7-21)26-14-8-22(9-15-26)3-5-24-11-17-28(31)29(19-24)35-34-33-32;/h2-19,32H,1H3;/q;+1/p-1/b4-2+,5-3+;. The molecular formula is C29H21Cl2NaO3S. The van der Waals surface area contributed by atoms with Gasteiger partial charge in [-0.2, -0.15) is 4.33 Å². The zero-order chi connectivity index (χ0) is 24.6. The van der Waals surface area contributed by atoms with Gasteiger partial charge >= 0.3 is 29.6 Å². The van der Waals surface area contributed by atoms with E-state index in [4.69, 9.17) is 23.2 Å². The van der Waals surface area contributed by atoms with E-state index in [9.17, 15) is 5.26 Å². The molecule has 0 fully saturated rings. The number of benzene rings is 4. The van der Waals surface area contributed by atoms with Gasteiger partial charge < -0.3 is 5.26 Å². The van der Waals surface area contributed by atoms with E-state index >= 15 is 0 Å². The monoisotopic (exact) mass is 542 g/mol. The molecule has 0 amide bonds. The first-order valence-corrected chi connectivity index (χ1v) is 12.3. The predicted octanol–water partition coefficient (Wildman–Crippen LogP) is 5.54. The summed E-state index contributed by atoms with van der Waals surface area (Å²) >= 11 is 13.0. The smallest absolute Gasteiger partial charge is 0.691 e. The van der Waals surface area contributed by atoms with Crippen molar-refractivity contribution < 1.29 is 44.2 Å². The van der Waals surface area contributed by atoms with Gasteiger partial charge in [0.2, 0.25) is 0 Å². The van der Waals surface area contributed by atoms with Crippen molar-refractivity contribution in [2.24, 2.45) is 0 Å². The van der Waals surface area contributed by atoms with Gasteiger partial charge in [0.15, 0.2) is 0 Å². The van der Waals surface area contributed by atoms with Gasteiger partial charge in [0, 0.05) is 5.02 Å². The predicted molar refractivity (Wildman–Crippen MR) is 145 cm³/mol. The van der Waals surface area contributed by atoms with Gasteiger partial charge in [-0.1, -0.05) is 114 Å². The van der Waals surface area contributed by atoms with Crippen molar-refractivity contribution in [3.8, 4) is 11.1 Å². The van der Waals surface area contributed by atoms with E-state index in [2.05, 4.69) is 76.1 Å². The van der Waals surface area contributed by atoms with Crippen molar-refractivity contribution in [3.63, 3.8) is 0 Å². The van der Waals surface area contributed by atoms with Gasteiger partial charge in [-0.05, 0) is 64.1 Å².